The van der Waals surface area contributed by atoms with Crippen LogP contribution in [-0.2, 0) is 0 Å². The van der Waals surface area contributed by atoms with Gasteiger partial charge in [-0.15, -0.1) is 0 Å². The van der Waals surface area contributed by atoms with E-state index in [1.165, 1.54) is 0 Å². The lowest BCUT2D eigenvalue weighted by Gasteiger charge is -2.16. The molecule has 0 aromatic heterocycles. The third kappa shape index (κ3) is 3.08. The van der Waals surface area contributed by atoms with Gasteiger partial charge in [-0.2, -0.15) is 0 Å². The minimum absolute atomic E-state index is 0.257. The van der Waals surface area contributed by atoms with Gasteiger partial charge in [-0.3, -0.25) is 0 Å². The van der Waals surface area contributed by atoms with Gasteiger partial charge in [0.15, 0.2) is 4.33 Å². The lowest BCUT2D eigenvalue weighted by atomic mass is 10.2. The van der Waals surface area contributed by atoms with E-state index in [4.69, 9.17) is 38.5 Å². The first-order chi connectivity index (χ1) is 4.91. The lowest BCUT2D eigenvalue weighted by Crippen LogP contribution is -2.17. The first kappa shape index (κ1) is 10.7. The summed E-state index contributed by atoms with van der Waals surface area (Å²) in [7, 11) is 0. The van der Waals surface area contributed by atoms with Crippen LogP contribution in [-0.4, -0.2) is 19.7 Å². The molecule has 0 unspecified atom stereocenters. The summed E-state index contributed by atoms with van der Waals surface area (Å²) in [5.41, 5.74) is 0. The highest BCUT2D eigenvalue weighted by atomic mass is 35.5. The fourth-order valence-electron chi connectivity index (χ4n) is 0.596. The van der Waals surface area contributed by atoms with Crippen molar-refractivity contribution in [3.8, 4) is 0 Å². The molecule has 0 radical (unpaired) electrons. The van der Waals surface area contributed by atoms with Crippen molar-refractivity contribution in [3.63, 3.8) is 0 Å². The number of hydrogen-bond donors (Lipinski definition) is 3. The highest BCUT2D eigenvalue weighted by Crippen LogP contribution is 2.34. The Morgan fingerprint density at radius 1 is 1.27 bits per heavy atom. The minimum Gasteiger partial charge on any atom is -0.503 e. The predicted octanol–water partition coefficient (Wildman–Crippen LogP) is 2.80. The van der Waals surface area contributed by atoms with Gasteiger partial charge in [0.05, 0.1) is 0 Å². The van der Waals surface area contributed by atoms with Crippen LogP contribution < -0.4 is 0 Å². The van der Waals surface area contributed by atoms with Gasteiger partial charge in [-0.25, -0.2) is 0 Å². The van der Waals surface area contributed by atoms with Crippen molar-refractivity contribution < 1.29 is 15.3 Å². The quantitative estimate of drug-likeness (QED) is 0.486. The van der Waals surface area contributed by atoms with Crippen molar-refractivity contribution in [2.24, 2.45) is 0 Å². The Morgan fingerprint density at radius 2 is 1.73 bits per heavy atom. The van der Waals surface area contributed by atoms with E-state index in [-0.39, 0.29) is 6.42 Å². The Morgan fingerprint density at radius 3 is 2.00 bits per heavy atom. The smallest absolute Gasteiger partial charge is 0.317 e. The Labute approximate surface area is 74.9 Å². The lowest BCUT2D eigenvalue weighted by molar-refractivity contribution is 0.152. The largest absolute Gasteiger partial charge is 0.503 e. The number of aliphatic hydroxyl groups is 3. The van der Waals surface area contributed by atoms with Gasteiger partial charge in [-0.1, -0.05) is 36.5 Å². The third-order valence-corrected chi connectivity index (χ3v) is 1.86. The number of hydrogen-bond acceptors (Lipinski definition) is 3. The molecule has 0 fully saturated rings. The molecular formula is C6H10Cl2O3. The molecule has 0 aliphatic rings. The molecule has 0 bridgehead atoms. The molecule has 0 rings (SSSR count). The molecule has 0 saturated carbocycles. The fraction of sp³-hybridized carbons (Fsp3) is 0.667. The molecule has 0 aromatic carbocycles. The summed E-state index contributed by atoms with van der Waals surface area (Å²) >= 11 is 11.0. The van der Waals surface area contributed by atoms with E-state index in [0.717, 1.165) is 0 Å². The molecule has 0 spiro atoms. The maximum atomic E-state index is 8.90. The van der Waals surface area contributed by atoms with Crippen molar-refractivity contribution in [1.29, 1.82) is 0 Å². The zero-order valence-electron chi connectivity index (χ0n) is 6.01. The molecule has 3 N–H and O–H groups in total. The molecular weight excluding hydrogens is 191 g/mol. The van der Waals surface area contributed by atoms with Gasteiger partial charge < -0.3 is 15.3 Å². The first-order valence-electron chi connectivity index (χ1n) is 3.11. The Balaban J connectivity index is 4.42. The van der Waals surface area contributed by atoms with E-state index in [1.54, 1.807) is 6.92 Å². The zero-order valence-corrected chi connectivity index (χ0v) is 7.52. The highest BCUT2D eigenvalue weighted by Gasteiger charge is 2.31. The molecule has 66 valence electrons. The van der Waals surface area contributed by atoms with Crippen LogP contribution in [0.5, 0.6) is 0 Å². The topological polar surface area (TPSA) is 60.7 Å². The van der Waals surface area contributed by atoms with E-state index in [2.05, 4.69) is 0 Å². The van der Waals surface area contributed by atoms with Crippen molar-refractivity contribution in [2.75, 3.05) is 0 Å². The van der Waals surface area contributed by atoms with Crippen LogP contribution in [0.3, 0.4) is 0 Å². The second-order valence-electron chi connectivity index (χ2n) is 2.13. The van der Waals surface area contributed by atoms with Crippen LogP contribution >= 0.6 is 23.2 Å². The molecule has 5 heteroatoms. The molecule has 0 heterocycles. The number of rotatable bonds is 3. The van der Waals surface area contributed by atoms with E-state index >= 15 is 0 Å². The Bertz CT molecular complexity index is 161. The molecule has 0 saturated heterocycles. The zero-order chi connectivity index (χ0) is 9.07. The molecule has 0 atom stereocenters. The van der Waals surface area contributed by atoms with Gasteiger partial charge in [-0.05, 0) is 6.42 Å². The van der Waals surface area contributed by atoms with Crippen molar-refractivity contribution >= 4 is 23.2 Å². The van der Waals surface area contributed by atoms with Crippen LogP contribution in [0, 0.1) is 0 Å². The predicted molar refractivity (Wildman–Crippen MR) is 44.3 cm³/mol. The van der Waals surface area contributed by atoms with Crippen molar-refractivity contribution in [3.05, 3.63) is 11.7 Å². The van der Waals surface area contributed by atoms with Crippen LogP contribution in [0.4, 0.5) is 0 Å². The molecule has 11 heavy (non-hydrogen) atoms. The molecule has 0 aliphatic heterocycles. The maximum Gasteiger partial charge on any atom is 0.317 e. The minimum atomic E-state index is -1.59. The highest BCUT2D eigenvalue weighted by molar-refractivity contribution is 6.50. The molecule has 0 amide bonds. The standard InChI is InChI=1S/C6H10Cl2O3/c1-2-3-6(7,8)4(9)5(10)11/h9-11H,2-3H2,1H3. The summed E-state index contributed by atoms with van der Waals surface area (Å²) in [5, 5.41) is 25.7. The van der Waals surface area contributed by atoms with Crippen LogP contribution in [0.1, 0.15) is 19.8 Å². The summed E-state index contributed by atoms with van der Waals surface area (Å²) in [5.74, 6) is -2.04. The molecule has 3 nitrogen and oxygen atoms in total. The summed E-state index contributed by atoms with van der Waals surface area (Å²) < 4.78 is -1.59. The molecule has 0 aliphatic carbocycles. The van der Waals surface area contributed by atoms with Gasteiger partial charge in [0.25, 0.3) is 0 Å². The maximum absolute atomic E-state index is 8.90. The second-order valence-corrected chi connectivity index (χ2v) is 3.61. The van der Waals surface area contributed by atoms with Crippen molar-refractivity contribution in [2.45, 2.75) is 24.1 Å². The Kier molecular flexibility index (Phi) is 3.83. The summed E-state index contributed by atoms with van der Waals surface area (Å²) in [6.45, 7) is 1.81. The van der Waals surface area contributed by atoms with Crippen LogP contribution in [0.2, 0.25) is 0 Å². The van der Waals surface area contributed by atoms with E-state index in [9.17, 15) is 0 Å². The second kappa shape index (κ2) is 3.93. The summed E-state index contributed by atoms with van der Waals surface area (Å²) in [6.07, 6.45) is 0.886. The Hall–Kier alpha value is -0.280. The number of allylic oxidation sites excluding steroid dienone is 1. The van der Waals surface area contributed by atoms with Gasteiger partial charge in [0, 0.05) is 0 Å². The average molecular weight is 201 g/mol. The summed E-state index contributed by atoms with van der Waals surface area (Å²) in [6, 6.07) is 0. The SMILES string of the molecule is CCCC(Cl)(Cl)C(O)=C(O)O. The third-order valence-electron chi connectivity index (χ3n) is 1.12. The molecule has 0 aromatic rings. The van der Waals surface area contributed by atoms with E-state index in [1.807, 2.05) is 0 Å². The van der Waals surface area contributed by atoms with Crippen LogP contribution in [0.15, 0.2) is 11.7 Å². The van der Waals surface area contributed by atoms with Gasteiger partial charge >= 0.3 is 5.95 Å². The number of alkyl halides is 2. The van der Waals surface area contributed by atoms with Gasteiger partial charge in [0.2, 0.25) is 5.76 Å². The van der Waals surface area contributed by atoms with Crippen molar-refractivity contribution in [1.82, 2.24) is 0 Å². The summed E-state index contributed by atoms with van der Waals surface area (Å²) in [4.78, 5) is 0. The monoisotopic (exact) mass is 200 g/mol. The van der Waals surface area contributed by atoms with Crippen LogP contribution in [0.25, 0.3) is 0 Å². The van der Waals surface area contributed by atoms with E-state index in [0.29, 0.717) is 6.42 Å². The van der Waals surface area contributed by atoms with Gasteiger partial charge in [0.1, 0.15) is 0 Å². The number of halogens is 2. The van der Waals surface area contributed by atoms with E-state index < -0.39 is 16.0 Å². The average Bonchev–Trinajstić information content (AvgIpc) is 1.86. The fourth-order valence-corrected chi connectivity index (χ4v) is 1.14. The first-order valence-corrected chi connectivity index (χ1v) is 3.87. The number of aliphatic hydroxyl groups excluding tert-OH is 2. The normalized spacial score (nSPS) is 11.2.